The van der Waals surface area contributed by atoms with Gasteiger partial charge in [0, 0.05) is 31.7 Å². The number of rotatable bonds is 8. The van der Waals surface area contributed by atoms with Crippen molar-refractivity contribution in [3.63, 3.8) is 0 Å². The highest BCUT2D eigenvalue weighted by atomic mass is 16.5. The standard InChI is InChI=1S/C29H38N8O4/c1-4-22-28(39)35(2)23-16-30-29(32-26(23)37(22)19-7-5-6-8-19)31-21-10-9-18(15-24(21)40-3)27-34-33-25(41-27)17-36-13-11-20(38)12-14-36/h9-10,15-16,19-20,22,38H,4-8,11-14,17H2,1-3H3,(H,30,31,32)/t22-/m1/s1. The molecule has 12 nitrogen and oxygen atoms in total. The number of likely N-dealkylation sites (tertiary alicyclic amines) is 1. The molecule has 0 bridgehead atoms. The molecule has 41 heavy (non-hydrogen) atoms. The molecule has 2 aliphatic heterocycles. The molecule has 4 heterocycles. The Morgan fingerprint density at radius 3 is 2.66 bits per heavy atom. The van der Waals surface area contributed by atoms with E-state index < -0.39 is 0 Å². The van der Waals surface area contributed by atoms with Crippen molar-refractivity contribution in [2.45, 2.75) is 76.6 Å². The number of fused-ring (bicyclic) bond motifs is 1. The number of hydrogen-bond donors (Lipinski definition) is 2. The van der Waals surface area contributed by atoms with Gasteiger partial charge in [-0.05, 0) is 50.3 Å². The lowest BCUT2D eigenvalue weighted by Crippen LogP contribution is -2.55. The van der Waals surface area contributed by atoms with Crippen LogP contribution in [-0.4, -0.2) is 81.5 Å². The maximum absolute atomic E-state index is 13.2. The van der Waals surface area contributed by atoms with Crippen LogP contribution < -0.4 is 19.9 Å². The molecule has 3 aromatic rings. The summed E-state index contributed by atoms with van der Waals surface area (Å²) < 4.78 is 11.6. The van der Waals surface area contributed by atoms with Crippen LogP contribution in [-0.2, 0) is 11.3 Å². The fourth-order valence-corrected chi connectivity index (χ4v) is 6.19. The average Bonchev–Trinajstić information content (AvgIpc) is 3.69. The fraction of sp³-hybridized carbons (Fsp3) is 0.552. The summed E-state index contributed by atoms with van der Waals surface area (Å²) in [5.74, 6) is 2.85. The van der Waals surface area contributed by atoms with E-state index in [-0.39, 0.29) is 18.1 Å². The molecule has 6 rings (SSSR count). The molecule has 1 aliphatic carbocycles. The van der Waals surface area contributed by atoms with Gasteiger partial charge in [-0.3, -0.25) is 9.69 Å². The lowest BCUT2D eigenvalue weighted by molar-refractivity contribution is -0.120. The van der Waals surface area contributed by atoms with Crippen LogP contribution in [0.15, 0.2) is 28.8 Å². The number of likely N-dealkylation sites (N-methyl/N-ethyl adjacent to an activating group) is 1. The van der Waals surface area contributed by atoms with Gasteiger partial charge in [-0.25, -0.2) is 4.98 Å². The zero-order chi connectivity index (χ0) is 28.5. The predicted molar refractivity (Wildman–Crippen MR) is 154 cm³/mol. The zero-order valence-electron chi connectivity index (χ0n) is 23.9. The molecule has 1 saturated carbocycles. The van der Waals surface area contributed by atoms with Crippen LogP contribution in [0.2, 0.25) is 0 Å². The largest absolute Gasteiger partial charge is 0.495 e. The van der Waals surface area contributed by atoms with Crippen molar-refractivity contribution in [3.05, 3.63) is 30.3 Å². The molecule has 218 valence electrons. The first-order chi connectivity index (χ1) is 19.9. The molecule has 1 atom stereocenters. The summed E-state index contributed by atoms with van der Waals surface area (Å²) in [5, 5.41) is 21.5. The van der Waals surface area contributed by atoms with E-state index in [9.17, 15) is 9.90 Å². The van der Waals surface area contributed by atoms with Gasteiger partial charge in [0.15, 0.2) is 5.82 Å². The minimum atomic E-state index is -0.229. The number of hydrogen-bond acceptors (Lipinski definition) is 11. The monoisotopic (exact) mass is 562 g/mol. The van der Waals surface area contributed by atoms with E-state index in [1.165, 1.54) is 12.8 Å². The summed E-state index contributed by atoms with van der Waals surface area (Å²) in [4.78, 5) is 28.8. The second-order valence-electron chi connectivity index (χ2n) is 11.1. The van der Waals surface area contributed by atoms with Crippen LogP contribution in [0.5, 0.6) is 5.75 Å². The van der Waals surface area contributed by atoms with Gasteiger partial charge in [0.2, 0.25) is 23.6 Å². The molecule has 2 fully saturated rings. The molecule has 0 spiro atoms. The Kier molecular flexibility index (Phi) is 7.76. The number of methoxy groups -OCH3 is 1. The highest BCUT2D eigenvalue weighted by Crippen LogP contribution is 2.40. The molecule has 3 aliphatic rings. The van der Waals surface area contributed by atoms with Crippen molar-refractivity contribution < 1.29 is 19.1 Å². The van der Waals surface area contributed by atoms with Gasteiger partial charge in [-0.2, -0.15) is 4.98 Å². The number of benzene rings is 1. The van der Waals surface area contributed by atoms with Gasteiger partial charge >= 0.3 is 0 Å². The van der Waals surface area contributed by atoms with Crippen LogP contribution in [0.4, 0.5) is 23.1 Å². The first-order valence-electron chi connectivity index (χ1n) is 14.6. The van der Waals surface area contributed by atoms with E-state index in [0.717, 1.165) is 62.3 Å². The third kappa shape index (κ3) is 5.45. The molecule has 2 aromatic heterocycles. The number of aliphatic hydroxyl groups is 1. The third-order valence-electron chi connectivity index (χ3n) is 8.49. The van der Waals surface area contributed by atoms with Gasteiger partial charge in [-0.15, -0.1) is 10.2 Å². The number of ether oxygens (including phenoxy) is 1. The molecule has 1 saturated heterocycles. The number of nitrogens with zero attached hydrogens (tertiary/aromatic N) is 7. The third-order valence-corrected chi connectivity index (χ3v) is 8.49. The highest BCUT2D eigenvalue weighted by molar-refractivity contribution is 6.04. The molecule has 1 amide bonds. The number of piperidine rings is 1. The van der Waals surface area contributed by atoms with Crippen molar-refractivity contribution in [1.82, 2.24) is 25.1 Å². The summed E-state index contributed by atoms with van der Waals surface area (Å²) in [6.07, 6.45) is 8.20. The van der Waals surface area contributed by atoms with E-state index in [0.29, 0.717) is 41.8 Å². The molecule has 12 heteroatoms. The fourth-order valence-electron chi connectivity index (χ4n) is 6.19. The highest BCUT2D eigenvalue weighted by Gasteiger charge is 2.41. The van der Waals surface area contributed by atoms with Crippen LogP contribution in [0.1, 0.15) is 57.8 Å². The second kappa shape index (κ2) is 11.6. The van der Waals surface area contributed by atoms with Crippen molar-refractivity contribution >= 4 is 29.0 Å². The van der Waals surface area contributed by atoms with Crippen molar-refractivity contribution in [2.24, 2.45) is 0 Å². The van der Waals surface area contributed by atoms with E-state index in [4.69, 9.17) is 14.1 Å². The summed E-state index contributed by atoms with van der Waals surface area (Å²) in [6, 6.07) is 5.69. The van der Waals surface area contributed by atoms with Gasteiger partial charge < -0.3 is 29.4 Å². The van der Waals surface area contributed by atoms with E-state index in [1.807, 2.05) is 18.2 Å². The Labute approximate surface area is 239 Å². The van der Waals surface area contributed by atoms with E-state index >= 15 is 0 Å². The Balaban J connectivity index is 1.23. The first-order valence-corrected chi connectivity index (χ1v) is 14.6. The maximum Gasteiger partial charge on any atom is 0.249 e. The number of amides is 1. The molecule has 2 N–H and O–H groups in total. The SMILES string of the molecule is CC[C@@H]1C(=O)N(C)c2cnc(Nc3ccc(-c4nnc(CN5CCC(O)CC5)o4)cc3OC)nc2N1C1CCCC1. The number of carbonyl (C=O) groups is 1. The van der Waals surface area contributed by atoms with Crippen molar-refractivity contribution in [1.29, 1.82) is 0 Å². The maximum atomic E-state index is 13.2. The van der Waals surface area contributed by atoms with E-state index in [2.05, 4.69) is 37.2 Å². The van der Waals surface area contributed by atoms with Gasteiger partial charge in [0.05, 0.1) is 31.6 Å². The normalized spacial score (nSPS) is 20.5. The van der Waals surface area contributed by atoms with E-state index in [1.54, 1.807) is 25.3 Å². The first kappa shape index (κ1) is 27.4. The number of anilines is 4. The van der Waals surface area contributed by atoms with Crippen LogP contribution in [0.25, 0.3) is 11.5 Å². The summed E-state index contributed by atoms with van der Waals surface area (Å²) >= 11 is 0. The molecule has 1 aromatic carbocycles. The topological polar surface area (TPSA) is 133 Å². The van der Waals surface area contributed by atoms with Gasteiger partial charge in [0.1, 0.15) is 17.5 Å². The molecular formula is C29H38N8O4. The van der Waals surface area contributed by atoms with Crippen LogP contribution in [0, 0.1) is 0 Å². The smallest absolute Gasteiger partial charge is 0.249 e. The molecule has 0 unspecified atom stereocenters. The molecular weight excluding hydrogens is 524 g/mol. The van der Waals surface area contributed by atoms with Crippen LogP contribution >= 0.6 is 0 Å². The Morgan fingerprint density at radius 2 is 1.93 bits per heavy atom. The average molecular weight is 563 g/mol. The Bertz CT molecular complexity index is 1380. The summed E-state index contributed by atoms with van der Waals surface area (Å²) in [6.45, 7) is 4.23. The predicted octanol–water partition coefficient (Wildman–Crippen LogP) is 3.74. The second-order valence-corrected chi connectivity index (χ2v) is 11.1. The number of carbonyl (C=O) groups excluding carboxylic acids is 1. The Hall–Kier alpha value is -3.77. The lowest BCUT2D eigenvalue weighted by Gasteiger charge is -2.43. The summed E-state index contributed by atoms with van der Waals surface area (Å²) in [5.41, 5.74) is 2.17. The number of aromatic nitrogens is 4. The molecule has 0 radical (unpaired) electrons. The van der Waals surface area contributed by atoms with Crippen molar-refractivity contribution in [3.8, 4) is 17.2 Å². The minimum Gasteiger partial charge on any atom is -0.495 e. The summed E-state index contributed by atoms with van der Waals surface area (Å²) in [7, 11) is 3.41. The number of nitrogens with one attached hydrogen (secondary N) is 1. The quantitative estimate of drug-likeness (QED) is 0.416. The lowest BCUT2D eigenvalue weighted by atomic mass is 10.0. The van der Waals surface area contributed by atoms with Crippen LogP contribution in [0.3, 0.4) is 0 Å². The van der Waals surface area contributed by atoms with Gasteiger partial charge in [0.25, 0.3) is 0 Å². The number of aliphatic hydroxyl groups excluding tert-OH is 1. The Morgan fingerprint density at radius 1 is 1.15 bits per heavy atom. The van der Waals surface area contributed by atoms with Gasteiger partial charge in [-0.1, -0.05) is 19.8 Å². The minimum absolute atomic E-state index is 0.0902. The van der Waals surface area contributed by atoms with Crippen molar-refractivity contribution in [2.75, 3.05) is 42.4 Å². The zero-order valence-corrected chi connectivity index (χ0v) is 23.9.